The molecule has 11 nitrogen and oxygen atoms in total. The number of aromatic hydroxyl groups is 3. The summed E-state index contributed by atoms with van der Waals surface area (Å²) < 4.78 is 8.92. The number of amides is 1. The second kappa shape index (κ2) is 9.94. The summed E-state index contributed by atoms with van der Waals surface area (Å²) in [5.74, 6) is 0.0599. The van der Waals surface area contributed by atoms with Crippen LogP contribution in [0, 0.1) is 0 Å². The Morgan fingerprint density at radius 1 is 1.06 bits per heavy atom. The molecule has 0 unspecified atom stereocenters. The van der Waals surface area contributed by atoms with Crippen molar-refractivity contribution in [3.05, 3.63) is 48.2 Å². The average molecular weight is 482 g/mol. The minimum Gasteiger partial charge on any atom is -0.508 e. The van der Waals surface area contributed by atoms with Gasteiger partial charge >= 0.3 is 12.1 Å². The average Bonchev–Trinajstić information content (AvgIpc) is 3.38. The Morgan fingerprint density at radius 3 is 2.60 bits per heavy atom. The lowest BCUT2D eigenvalue weighted by atomic mass is 9.98. The molecule has 2 heterocycles. The van der Waals surface area contributed by atoms with Gasteiger partial charge in [-0.3, -0.25) is 0 Å². The molecule has 4 aromatic rings. The van der Waals surface area contributed by atoms with E-state index in [2.05, 4.69) is 15.5 Å². The van der Waals surface area contributed by atoms with Gasteiger partial charge in [0.05, 0.1) is 24.5 Å². The third kappa shape index (κ3) is 4.99. The Bertz CT molecular complexity index is 1360. The molecular formula is C24H27N5O6. The zero-order valence-corrected chi connectivity index (χ0v) is 19.3. The number of ether oxygens (including phenoxy) is 1. The van der Waals surface area contributed by atoms with E-state index >= 15 is 0 Å². The number of carbonyl (C=O) groups is 1. The Kier molecular flexibility index (Phi) is 6.78. The molecule has 2 aromatic carbocycles. The maximum Gasteiger partial charge on any atom is 0.404 e. The van der Waals surface area contributed by atoms with Crippen molar-refractivity contribution in [1.82, 2.24) is 24.6 Å². The smallest absolute Gasteiger partial charge is 0.404 e. The van der Waals surface area contributed by atoms with E-state index in [1.165, 1.54) is 10.6 Å². The molecule has 0 aliphatic heterocycles. The summed E-state index contributed by atoms with van der Waals surface area (Å²) in [5, 5.41) is 50.7. The maximum absolute atomic E-state index is 10.5. The van der Waals surface area contributed by atoms with Crippen LogP contribution in [0.4, 0.5) is 4.79 Å². The number of phenolic OH excluding ortho intramolecular Hbond substituents is 2. The molecule has 0 bridgehead atoms. The Hall–Kier alpha value is -4.25. The Balaban J connectivity index is 1.59. The second-order valence-electron chi connectivity index (χ2n) is 8.34. The summed E-state index contributed by atoms with van der Waals surface area (Å²) in [6.45, 7) is 5.36. The SMILES string of the molecule is CC(C)c1cc(-c2nnc(O)n2-c2ccc3c(ccn3CCOCCNC(=O)O)c2)c(O)cc1O. The van der Waals surface area contributed by atoms with Crippen molar-refractivity contribution in [1.29, 1.82) is 0 Å². The molecule has 0 saturated carbocycles. The number of hydrogen-bond acceptors (Lipinski definition) is 7. The first kappa shape index (κ1) is 23.9. The van der Waals surface area contributed by atoms with E-state index in [1.54, 1.807) is 6.07 Å². The monoisotopic (exact) mass is 481 g/mol. The molecule has 0 radical (unpaired) electrons. The standard InChI is InChI=1S/C24H27N5O6/c1-14(2)17-12-18(21(31)13-20(17)30)22-26-27-23(32)29(22)16-3-4-19-15(11-16)5-7-28(19)8-10-35-9-6-25-24(33)34/h3-5,7,11-14,25,30-31H,6,8-10H2,1-2H3,(H,27,32)(H,33,34). The zero-order chi connectivity index (χ0) is 25.1. The van der Waals surface area contributed by atoms with Crippen LogP contribution in [0.15, 0.2) is 42.6 Å². The first-order valence-electron chi connectivity index (χ1n) is 11.1. The Morgan fingerprint density at radius 2 is 1.86 bits per heavy atom. The predicted octanol–water partition coefficient (Wildman–Crippen LogP) is 3.41. The van der Waals surface area contributed by atoms with Crippen LogP contribution in [0.3, 0.4) is 0 Å². The number of phenols is 2. The van der Waals surface area contributed by atoms with Crippen LogP contribution in [0.2, 0.25) is 0 Å². The molecule has 11 heteroatoms. The lowest BCUT2D eigenvalue weighted by Gasteiger charge is -2.14. The first-order valence-corrected chi connectivity index (χ1v) is 11.1. The van der Waals surface area contributed by atoms with Gasteiger partial charge in [-0.25, -0.2) is 9.36 Å². The van der Waals surface area contributed by atoms with Crippen molar-refractivity contribution < 1.29 is 30.0 Å². The first-order chi connectivity index (χ1) is 16.8. The van der Waals surface area contributed by atoms with E-state index in [0.29, 0.717) is 30.0 Å². The van der Waals surface area contributed by atoms with E-state index < -0.39 is 6.09 Å². The summed E-state index contributed by atoms with van der Waals surface area (Å²) in [6, 6.07) is 10.1. The fourth-order valence-corrected chi connectivity index (χ4v) is 3.94. The minimum atomic E-state index is -1.08. The molecule has 0 fully saturated rings. The number of nitrogens with one attached hydrogen (secondary N) is 1. The third-order valence-electron chi connectivity index (χ3n) is 5.67. The second-order valence-corrected chi connectivity index (χ2v) is 8.34. The van der Waals surface area contributed by atoms with Crippen molar-refractivity contribution in [2.24, 2.45) is 0 Å². The zero-order valence-electron chi connectivity index (χ0n) is 19.3. The molecule has 0 saturated heterocycles. The highest BCUT2D eigenvalue weighted by atomic mass is 16.5. The van der Waals surface area contributed by atoms with Gasteiger partial charge in [-0.05, 0) is 41.8 Å². The topological polar surface area (TPSA) is 155 Å². The lowest BCUT2D eigenvalue weighted by Crippen LogP contribution is -2.25. The molecule has 1 amide bonds. The van der Waals surface area contributed by atoms with E-state index in [9.17, 15) is 20.1 Å². The molecule has 0 aliphatic carbocycles. The van der Waals surface area contributed by atoms with Crippen molar-refractivity contribution in [2.75, 3.05) is 19.8 Å². The molecular weight excluding hydrogens is 454 g/mol. The van der Waals surface area contributed by atoms with Crippen molar-refractivity contribution >= 4 is 17.0 Å². The third-order valence-corrected chi connectivity index (χ3v) is 5.67. The van der Waals surface area contributed by atoms with Crippen LogP contribution in [-0.4, -0.2) is 65.6 Å². The quantitative estimate of drug-likeness (QED) is 0.228. The van der Waals surface area contributed by atoms with Gasteiger partial charge in [-0.2, -0.15) is 0 Å². The van der Waals surface area contributed by atoms with Gasteiger partial charge in [0.1, 0.15) is 11.5 Å². The van der Waals surface area contributed by atoms with Crippen LogP contribution in [0.1, 0.15) is 25.3 Å². The summed E-state index contributed by atoms with van der Waals surface area (Å²) in [6.07, 6.45) is 0.838. The van der Waals surface area contributed by atoms with Gasteiger partial charge in [0.15, 0.2) is 5.82 Å². The normalized spacial score (nSPS) is 11.4. The van der Waals surface area contributed by atoms with E-state index in [4.69, 9.17) is 9.84 Å². The molecule has 0 aliphatic rings. The number of hydrogen-bond donors (Lipinski definition) is 5. The number of nitrogens with zero attached hydrogens (tertiary/aromatic N) is 4. The molecule has 2 aromatic heterocycles. The Labute approximate surface area is 200 Å². The van der Waals surface area contributed by atoms with Crippen LogP contribution in [0.5, 0.6) is 17.5 Å². The highest BCUT2D eigenvalue weighted by Gasteiger charge is 2.21. The summed E-state index contributed by atoms with van der Waals surface area (Å²) in [7, 11) is 0. The number of benzene rings is 2. The van der Waals surface area contributed by atoms with Gasteiger partial charge in [0.2, 0.25) is 0 Å². The highest BCUT2D eigenvalue weighted by Crippen LogP contribution is 2.39. The number of fused-ring (bicyclic) bond motifs is 1. The number of aromatic nitrogens is 4. The van der Waals surface area contributed by atoms with Crippen molar-refractivity contribution in [2.45, 2.75) is 26.3 Å². The van der Waals surface area contributed by atoms with Crippen molar-refractivity contribution in [3.63, 3.8) is 0 Å². The van der Waals surface area contributed by atoms with Crippen LogP contribution in [0.25, 0.3) is 28.0 Å². The molecule has 5 N–H and O–H groups in total. The van der Waals surface area contributed by atoms with Crippen LogP contribution < -0.4 is 5.32 Å². The minimum absolute atomic E-state index is 0.00726. The largest absolute Gasteiger partial charge is 0.508 e. The van der Waals surface area contributed by atoms with Gasteiger partial charge in [-0.1, -0.05) is 18.9 Å². The highest BCUT2D eigenvalue weighted by molar-refractivity contribution is 5.83. The fraction of sp³-hybridized carbons (Fsp3) is 0.292. The lowest BCUT2D eigenvalue weighted by molar-refractivity contribution is 0.126. The number of rotatable bonds is 9. The van der Waals surface area contributed by atoms with E-state index in [1.807, 2.05) is 48.9 Å². The van der Waals surface area contributed by atoms with Gasteiger partial charge in [-0.15, -0.1) is 5.10 Å². The molecule has 35 heavy (non-hydrogen) atoms. The fourth-order valence-electron chi connectivity index (χ4n) is 3.94. The van der Waals surface area contributed by atoms with Gasteiger partial charge in [0.25, 0.3) is 0 Å². The summed E-state index contributed by atoms with van der Waals surface area (Å²) in [4.78, 5) is 10.5. The molecule has 184 valence electrons. The predicted molar refractivity (Wildman–Crippen MR) is 128 cm³/mol. The summed E-state index contributed by atoms with van der Waals surface area (Å²) in [5.41, 5.74) is 2.53. The van der Waals surface area contributed by atoms with Crippen LogP contribution >= 0.6 is 0 Å². The molecule has 0 atom stereocenters. The number of carboxylic acid groups (broad SMARTS) is 1. The molecule has 4 rings (SSSR count). The van der Waals surface area contributed by atoms with Gasteiger partial charge in [0, 0.05) is 36.3 Å². The van der Waals surface area contributed by atoms with Gasteiger partial charge < -0.3 is 35.0 Å². The van der Waals surface area contributed by atoms with Crippen LogP contribution in [-0.2, 0) is 11.3 Å². The molecule has 0 spiro atoms. The maximum atomic E-state index is 10.5. The van der Waals surface area contributed by atoms with Crippen molar-refractivity contribution in [3.8, 4) is 34.6 Å². The summed E-state index contributed by atoms with van der Waals surface area (Å²) >= 11 is 0. The van der Waals surface area contributed by atoms with E-state index in [-0.39, 0.29) is 42.4 Å². The van der Waals surface area contributed by atoms with E-state index in [0.717, 1.165) is 10.9 Å².